The zero-order valence-corrected chi connectivity index (χ0v) is 12.3. The second-order valence-electron chi connectivity index (χ2n) is 5.35. The van der Waals surface area contributed by atoms with E-state index in [-0.39, 0.29) is 24.9 Å². The number of alkyl halides is 1. The van der Waals surface area contributed by atoms with Crippen LogP contribution in [0.15, 0.2) is 35.6 Å². The van der Waals surface area contributed by atoms with Crippen LogP contribution in [-0.4, -0.2) is 51.3 Å². The molecule has 1 amide bonds. The first kappa shape index (κ1) is 13.5. The molecule has 5 nitrogen and oxygen atoms in total. The summed E-state index contributed by atoms with van der Waals surface area (Å²) < 4.78 is 14.4. The van der Waals surface area contributed by atoms with Crippen LogP contribution in [0, 0.1) is 0 Å². The van der Waals surface area contributed by atoms with Crippen LogP contribution in [0.5, 0.6) is 0 Å². The molecule has 1 fully saturated rings. The van der Waals surface area contributed by atoms with Crippen molar-refractivity contribution in [1.29, 1.82) is 0 Å². The molecule has 2 aliphatic heterocycles. The maximum Gasteiger partial charge on any atom is 0.254 e. The number of aromatic nitrogens is 2. The van der Waals surface area contributed by atoms with Gasteiger partial charge in [0, 0.05) is 17.3 Å². The highest BCUT2D eigenvalue weighted by Gasteiger charge is 2.31. The molecule has 112 valence electrons. The van der Waals surface area contributed by atoms with E-state index in [9.17, 15) is 14.0 Å². The van der Waals surface area contributed by atoms with Crippen LogP contribution in [-0.2, 0) is 0 Å². The lowest BCUT2D eigenvalue weighted by molar-refractivity contribution is 0.0400. The number of carbonyl (C=O) groups excluding carboxylic acids is 2. The van der Waals surface area contributed by atoms with Gasteiger partial charge in [-0.3, -0.25) is 14.2 Å². The summed E-state index contributed by atoms with van der Waals surface area (Å²) in [6.45, 7) is 0.349. The number of benzene rings is 1. The molecule has 1 aromatic carbocycles. The van der Waals surface area contributed by atoms with Crippen molar-refractivity contribution in [2.24, 2.45) is 0 Å². The molecule has 7 heteroatoms. The minimum atomic E-state index is -0.897. The molecule has 0 radical (unpaired) electrons. The van der Waals surface area contributed by atoms with Crippen molar-refractivity contribution < 1.29 is 14.0 Å². The van der Waals surface area contributed by atoms with Gasteiger partial charge in [0.25, 0.3) is 5.91 Å². The van der Waals surface area contributed by atoms with E-state index in [1.165, 1.54) is 16.7 Å². The molecule has 1 aromatic heterocycles. The quantitative estimate of drug-likeness (QED) is 0.851. The normalized spacial score (nSPS) is 17.5. The summed E-state index contributed by atoms with van der Waals surface area (Å²) in [5, 5.41) is 0.703. The number of amides is 1. The van der Waals surface area contributed by atoms with E-state index in [1.54, 1.807) is 35.0 Å². The topological polar surface area (TPSA) is 55.2 Å². The van der Waals surface area contributed by atoms with Crippen LogP contribution in [0.3, 0.4) is 0 Å². The van der Waals surface area contributed by atoms with Crippen molar-refractivity contribution in [3.63, 3.8) is 0 Å². The minimum absolute atomic E-state index is 0.0316. The predicted molar refractivity (Wildman–Crippen MR) is 79.8 cm³/mol. The van der Waals surface area contributed by atoms with E-state index < -0.39 is 6.17 Å². The van der Waals surface area contributed by atoms with Gasteiger partial charge in [0.05, 0.1) is 24.5 Å². The smallest absolute Gasteiger partial charge is 0.254 e. The Morgan fingerprint density at radius 3 is 2.64 bits per heavy atom. The molecule has 2 aliphatic rings. The van der Waals surface area contributed by atoms with Gasteiger partial charge < -0.3 is 4.90 Å². The highest BCUT2D eigenvalue weighted by molar-refractivity contribution is 8.00. The molecule has 2 aromatic rings. The summed E-state index contributed by atoms with van der Waals surface area (Å²) in [6, 6.07) is 7.02. The van der Waals surface area contributed by atoms with Gasteiger partial charge in [-0.1, -0.05) is 23.9 Å². The Labute approximate surface area is 130 Å². The standard InChI is InChI=1S/C15H12FN3O2S/c16-11-5-18(6-11)14(21)10-3-1-9(2-4-10)12-7-19-13(20)8-22-15(19)17-12/h1-4,7,11H,5-6,8H2. The second kappa shape index (κ2) is 4.95. The van der Waals surface area contributed by atoms with Crippen LogP contribution in [0.1, 0.15) is 15.2 Å². The summed E-state index contributed by atoms with van der Waals surface area (Å²) in [7, 11) is 0. The van der Waals surface area contributed by atoms with Crippen molar-refractivity contribution in [3.8, 4) is 11.3 Å². The number of rotatable bonds is 2. The van der Waals surface area contributed by atoms with E-state index in [4.69, 9.17) is 0 Å². The minimum Gasteiger partial charge on any atom is -0.333 e. The Morgan fingerprint density at radius 2 is 2.00 bits per heavy atom. The molecule has 0 aliphatic carbocycles. The molecule has 0 spiro atoms. The maximum absolute atomic E-state index is 12.8. The number of hydrogen-bond donors (Lipinski definition) is 0. The molecule has 3 heterocycles. The summed E-state index contributed by atoms with van der Waals surface area (Å²) in [6.07, 6.45) is 0.823. The van der Waals surface area contributed by atoms with Gasteiger partial charge in [-0.15, -0.1) is 0 Å². The third-order valence-electron chi connectivity index (χ3n) is 3.82. The number of imidazole rings is 1. The first-order valence-corrected chi connectivity index (χ1v) is 7.89. The molecule has 0 saturated carbocycles. The molecule has 1 saturated heterocycles. The number of carbonyl (C=O) groups is 2. The zero-order valence-electron chi connectivity index (χ0n) is 11.5. The van der Waals surface area contributed by atoms with E-state index in [0.717, 1.165) is 5.56 Å². The first-order valence-electron chi connectivity index (χ1n) is 6.91. The SMILES string of the molecule is O=C(c1ccc(-c2cn3c(n2)SCC3=O)cc1)N1CC(F)C1. The third kappa shape index (κ3) is 2.12. The number of hydrogen-bond acceptors (Lipinski definition) is 4. The molecule has 0 unspecified atom stereocenters. The van der Waals surface area contributed by atoms with Crippen LogP contribution in [0.4, 0.5) is 4.39 Å². The number of thioether (sulfide) groups is 1. The fourth-order valence-electron chi connectivity index (χ4n) is 2.54. The molecule has 0 atom stereocenters. The van der Waals surface area contributed by atoms with Crippen molar-refractivity contribution in [1.82, 2.24) is 14.5 Å². The highest BCUT2D eigenvalue weighted by Crippen LogP contribution is 2.29. The van der Waals surface area contributed by atoms with E-state index >= 15 is 0 Å². The van der Waals surface area contributed by atoms with Gasteiger partial charge in [0.2, 0.25) is 5.91 Å². The van der Waals surface area contributed by atoms with Crippen molar-refractivity contribution in [2.45, 2.75) is 11.3 Å². The summed E-state index contributed by atoms with van der Waals surface area (Å²) in [5.41, 5.74) is 2.09. The lowest BCUT2D eigenvalue weighted by Crippen LogP contribution is -2.51. The largest absolute Gasteiger partial charge is 0.333 e. The van der Waals surface area contributed by atoms with E-state index in [1.807, 2.05) is 0 Å². The summed E-state index contributed by atoms with van der Waals surface area (Å²) in [4.78, 5) is 29.6. The Morgan fingerprint density at radius 1 is 1.27 bits per heavy atom. The number of fused-ring (bicyclic) bond motifs is 1. The first-order chi connectivity index (χ1) is 10.6. The Hall–Kier alpha value is -2.15. The Kier molecular flexibility index (Phi) is 3.04. The molecule has 0 bridgehead atoms. The van der Waals surface area contributed by atoms with Crippen molar-refractivity contribution >= 4 is 23.6 Å². The van der Waals surface area contributed by atoms with Gasteiger partial charge in [0.1, 0.15) is 6.17 Å². The Bertz CT molecular complexity index is 766. The van der Waals surface area contributed by atoms with Gasteiger partial charge in [0.15, 0.2) is 5.16 Å². The van der Waals surface area contributed by atoms with E-state index in [0.29, 0.717) is 22.2 Å². The van der Waals surface area contributed by atoms with Crippen LogP contribution < -0.4 is 0 Å². The number of nitrogens with zero attached hydrogens (tertiary/aromatic N) is 3. The lowest BCUT2D eigenvalue weighted by Gasteiger charge is -2.34. The molecule has 0 N–H and O–H groups in total. The number of likely N-dealkylation sites (tertiary alicyclic amines) is 1. The average Bonchev–Trinajstić information content (AvgIpc) is 3.06. The van der Waals surface area contributed by atoms with Crippen molar-refractivity contribution in [2.75, 3.05) is 18.8 Å². The van der Waals surface area contributed by atoms with Gasteiger partial charge >= 0.3 is 0 Å². The molecular weight excluding hydrogens is 305 g/mol. The fourth-order valence-corrected chi connectivity index (χ4v) is 3.38. The van der Waals surface area contributed by atoms with Crippen LogP contribution >= 0.6 is 11.8 Å². The average molecular weight is 317 g/mol. The zero-order chi connectivity index (χ0) is 15.3. The number of halogens is 1. The second-order valence-corrected chi connectivity index (χ2v) is 6.29. The maximum atomic E-state index is 12.8. The molecular formula is C15H12FN3O2S. The Balaban J connectivity index is 1.56. The van der Waals surface area contributed by atoms with Gasteiger partial charge in [-0.2, -0.15) is 0 Å². The third-order valence-corrected chi connectivity index (χ3v) is 4.76. The van der Waals surface area contributed by atoms with Crippen LogP contribution in [0.2, 0.25) is 0 Å². The monoisotopic (exact) mass is 317 g/mol. The molecule has 4 rings (SSSR count). The fraction of sp³-hybridized carbons (Fsp3) is 0.267. The van der Waals surface area contributed by atoms with Gasteiger partial charge in [-0.25, -0.2) is 9.37 Å². The lowest BCUT2D eigenvalue weighted by atomic mass is 10.1. The predicted octanol–water partition coefficient (Wildman–Crippen LogP) is 2.09. The summed E-state index contributed by atoms with van der Waals surface area (Å²) in [5.74, 6) is 0.309. The summed E-state index contributed by atoms with van der Waals surface area (Å²) >= 11 is 1.42. The van der Waals surface area contributed by atoms with E-state index in [2.05, 4.69) is 4.98 Å². The van der Waals surface area contributed by atoms with Gasteiger partial charge in [-0.05, 0) is 12.1 Å². The molecule has 22 heavy (non-hydrogen) atoms. The highest BCUT2D eigenvalue weighted by atomic mass is 32.2. The van der Waals surface area contributed by atoms with Crippen molar-refractivity contribution in [3.05, 3.63) is 36.0 Å². The van der Waals surface area contributed by atoms with Crippen LogP contribution in [0.25, 0.3) is 11.3 Å².